The molecule has 1 aliphatic heterocycles. The van der Waals surface area contributed by atoms with Crippen LogP contribution >= 0.6 is 0 Å². The van der Waals surface area contributed by atoms with Gasteiger partial charge in [-0.25, -0.2) is 0 Å². The molecule has 0 saturated carbocycles. The molecule has 1 heterocycles. The minimum Gasteiger partial charge on any atom is -0.489 e. The first-order chi connectivity index (χ1) is 6.61. The zero-order chi connectivity index (χ0) is 10.3. The Kier molecular flexibility index (Phi) is 0.607. The molecular weight excluding hydrogens is 124 g/mol. The Morgan fingerprint density at radius 1 is 1.60 bits per heavy atom. The van der Waals surface area contributed by atoms with E-state index in [0.717, 1.165) is 0 Å². The highest BCUT2D eigenvalue weighted by Gasteiger charge is 2.01. The average molecular weight is 136 g/mol. The lowest BCUT2D eigenvalue weighted by atomic mass is 10.1. The van der Waals surface area contributed by atoms with Crippen LogP contribution in [0.3, 0.4) is 0 Å². The molecule has 1 aliphatic rings. The van der Waals surface area contributed by atoms with E-state index >= 15 is 0 Å². The van der Waals surface area contributed by atoms with Gasteiger partial charge in [0.25, 0.3) is 0 Å². The molecule has 2 rings (SSSR count). The normalized spacial score (nSPS) is 29.0. The van der Waals surface area contributed by atoms with Gasteiger partial charge < -0.3 is 4.74 Å². The lowest BCUT2D eigenvalue weighted by Crippen LogP contribution is -1.98. The Hall–Kier alpha value is -1.24. The SMILES string of the molecule is [2H]C1=C([2H])C([2H])Oc2cccc([2H])c21. The summed E-state index contributed by atoms with van der Waals surface area (Å²) in [5.74, 6) is 0.346. The first kappa shape index (κ1) is 2.79. The minimum atomic E-state index is -1.14. The molecule has 0 amide bonds. The van der Waals surface area contributed by atoms with Gasteiger partial charge in [0.15, 0.2) is 0 Å². The predicted octanol–water partition coefficient (Wildman–Crippen LogP) is 2.09. The zero-order valence-electron chi connectivity index (χ0n) is 9.22. The molecule has 0 fully saturated rings. The van der Waals surface area contributed by atoms with Crippen LogP contribution in [0.2, 0.25) is 0 Å². The Balaban J connectivity index is 2.67. The standard InChI is InChI=1S/C9H8O/c1-2-6-9-8(4-1)5-3-7-10-9/h1-6H,7H2/i3D,4D,5D,7D. The molecule has 0 aromatic heterocycles. The summed E-state index contributed by atoms with van der Waals surface area (Å²) in [6.07, 6.45) is 0. The molecule has 0 radical (unpaired) electrons. The summed E-state index contributed by atoms with van der Waals surface area (Å²) < 4.78 is 35.0. The van der Waals surface area contributed by atoms with Gasteiger partial charge in [-0.15, -0.1) is 0 Å². The minimum absolute atomic E-state index is 0.0862. The Bertz CT molecular complexity index is 413. The second-order valence-electron chi connectivity index (χ2n) is 1.91. The molecule has 1 nitrogen and oxygen atoms in total. The third kappa shape index (κ3) is 0.798. The highest BCUT2D eigenvalue weighted by atomic mass is 16.5. The lowest BCUT2D eigenvalue weighted by molar-refractivity contribution is 0.358. The van der Waals surface area contributed by atoms with Crippen LogP contribution in [0.1, 0.15) is 11.0 Å². The fourth-order valence-corrected chi connectivity index (χ4v) is 0.812. The number of hydrogen-bond donors (Lipinski definition) is 0. The molecule has 1 atom stereocenters. The second kappa shape index (κ2) is 2.18. The van der Waals surface area contributed by atoms with Gasteiger partial charge >= 0.3 is 0 Å². The molecule has 0 spiro atoms. The Labute approximate surface area is 65.6 Å². The van der Waals surface area contributed by atoms with E-state index in [-0.39, 0.29) is 18.1 Å². The van der Waals surface area contributed by atoms with Crippen LogP contribution in [0.5, 0.6) is 5.75 Å². The summed E-state index contributed by atoms with van der Waals surface area (Å²) >= 11 is 0. The third-order valence-electron chi connectivity index (χ3n) is 1.26. The largest absolute Gasteiger partial charge is 0.489 e. The molecule has 10 heavy (non-hydrogen) atoms. The molecule has 0 saturated heterocycles. The van der Waals surface area contributed by atoms with E-state index in [9.17, 15) is 0 Å². The van der Waals surface area contributed by atoms with E-state index in [2.05, 4.69) is 0 Å². The van der Waals surface area contributed by atoms with Gasteiger partial charge in [-0.3, -0.25) is 0 Å². The van der Waals surface area contributed by atoms with Crippen LogP contribution in [-0.4, -0.2) is 6.58 Å². The topological polar surface area (TPSA) is 9.23 Å². The van der Waals surface area contributed by atoms with E-state index in [0.29, 0.717) is 11.3 Å². The molecule has 1 aromatic rings. The number of para-hydroxylation sites is 1. The van der Waals surface area contributed by atoms with Crippen molar-refractivity contribution in [3.63, 3.8) is 0 Å². The van der Waals surface area contributed by atoms with Crippen molar-refractivity contribution in [3.8, 4) is 5.75 Å². The van der Waals surface area contributed by atoms with Crippen molar-refractivity contribution in [2.45, 2.75) is 0 Å². The van der Waals surface area contributed by atoms with Crippen molar-refractivity contribution in [1.29, 1.82) is 0 Å². The van der Waals surface area contributed by atoms with Gasteiger partial charge in [0.05, 0.1) is 5.48 Å². The Morgan fingerprint density at radius 3 is 3.60 bits per heavy atom. The van der Waals surface area contributed by atoms with Crippen LogP contribution in [0, 0.1) is 0 Å². The summed E-state index contributed by atoms with van der Waals surface area (Å²) in [6, 6.07) is 4.65. The van der Waals surface area contributed by atoms with Gasteiger partial charge in [0.2, 0.25) is 0 Å². The van der Waals surface area contributed by atoms with Crippen LogP contribution in [-0.2, 0) is 0 Å². The maximum Gasteiger partial charge on any atom is 0.126 e. The Morgan fingerprint density at radius 2 is 2.60 bits per heavy atom. The summed E-state index contributed by atoms with van der Waals surface area (Å²) in [5, 5.41) is 0. The molecule has 1 unspecified atom stereocenters. The smallest absolute Gasteiger partial charge is 0.126 e. The highest BCUT2D eigenvalue weighted by molar-refractivity contribution is 5.58. The van der Waals surface area contributed by atoms with Gasteiger partial charge in [-0.05, 0) is 12.1 Å². The summed E-state index contributed by atoms with van der Waals surface area (Å²) in [5.41, 5.74) is 0.306. The predicted molar refractivity (Wildman–Crippen MR) is 41.0 cm³/mol. The van der Waals surface area contributed by atoms with Crippen molar-refractivity contribution < 1.29 is 10.2 Å². The van der Waals surface area contributed by atoms with E-state index in [4.69, 9.17) is 10.2 Å². The number of rotatable bonds is 0. The zero-order valence-corrected chi connectivity index (χ0v) is 5.22. The monoisotopic (exact) mass is 136 g/mol. The van der Waals surface area contributed by atoms with Crippen molar-refractivity contribution in [1.82, 2.24) is 0 Å². The molecule has 0 bridgehead atoms. The van der Waals surface area contributed by atoms with Crippen molar-refractivity contribution in [2.24, 2.45) is 0 Å². The first-order valence-electron chi connectivity index (χ1n) is 5.05. The molecule has 50 valence electrons. The van der Waals surface area contributed by atoms with Crippen LogP contribution in [0.4, 0.5) is 0 Å². The summed E-state index contributed by atoms with van der Waals surface area (Å²) in [6.45, 7) is -1.14. The molecular formula is C9H8O. The first-order valence-corrected chi connectivity index (χ1v) is 2.97. The maximum absolute atomic E-state index is 7.60. The second-order valence-corrected chi connectivity index (χ2v) is 1.91. The average Bonchev–Trinajstić information content (AvgIpc) is 2.14. The number of ether oxygens (including phenoxy) is 1. The van der Waals surface area contributed by atoms with Crippen LogP contribution in [0.15, 0.2) is 30.3 Å². The molecule has 1 aromatic carbocycles. The molecule has 0 N–H and O–H groups in total. The molecule has 1 heteroatoms. The fraction of sp³-hybridized carbons (Fsp3) is 0.111. The summed E-state index contributed by atoms with van der Waals surface area (Å²) in [7, 11) is 0. The van der Waals surface area contributed by atoms with Crippen LogP contribution in [0.25, 0.3) is 6.05 Å². The van der Waals surface area contributed by atoms with Gasteiger partial charge in [-0.2, -0.15) is 0 Å². The fourth-order valence-electron chi connectivity index (χ4n) is 0.812. The van der Waals surface area contributed by atoms with Crippen molar-refractivity contribution in [2.75, 3.05) is 6.58 Å². The van der Waals surface area contributed by atoms with E-state index in [1.54, 1.807) is 12.1 Å². The lowest BCUT2D eigenvalue weighted by Gasteiger charge is -2.10. The van der Waals surface area contributed by atoms with E-state index in [1.807, 2.05) is 0 Å². The number of hydrogen-bond acceptors (Lipinski definition) is 1. The quantitative estimate of drug-likeness (QED) is 0.530. The van der Waals surface area contributed by atoms with Gasteiger partial charge in [-0.1, -0.05) is 24.2 Å². The molecule has 0 aliphatic carbocycles. The van der Waals surface area contributed by atoms with Gasteiger partial charge in [0.1, 0.15) is 12.3 Å². The third-order valence-corrected chi connectivity index (χ3v) is 1.26. The number of benzene rings is 1. The highest BCUT2D eigenvalue weighted by Crippen LogP contribution is 2.21. The number of fused-ring (bicyclic) bond motifs is 1. The van der Waals surface area contributed by atoms with Crippen molar-refractivity contribution in [3.05, 3.63) is 35.9 Å². The van der Waals surface area contributed by atoms with E-state index < -0.39 is 6.58 Å². The maximum atomic E-state index is 7.60. The van der Waals surface area contributed by atoms with Crippen molar-refractivity contribution >= 4 is 6.05 Å². The van der Waals surface area contributed by atoms with Crippen LogP contribution < -0.4 is 4.74 Å². The van der Waals surface area contributed by atoms with Gasteiger partial charge in [0, 0.05) is 5.56 Å². The van der Waals surface area contributed by atoms with E-state index in [1.165, 1.54) is 6.07 Å². The summed E-state index contributed by atoms with van der Waals surface area (Å²) in [4.78, 5) is 0.